The lowest BCUT2D eigenvalue weighted by molar-refractivity contribution is -0.119. The average molecular weight is 360 g/mol. The molecular weight excluding hydrogens is 336 g/mol. The Bertz CT molecular complexity index is 917. The maximum atomic E-state index is 13.0. The highest BCUT2D eigenvalue weighted by Crippen LogP contribution is 2.42. The molecule has 5 nitrogen and oxygen atoms in total. The van der Waals surface area contributed by atoms with Gasteiger partial charge in [0.15, 0.2) is 0 Å². The number of hydrogen-bond acceptors (Lipinski definition) is 3. The second-order valence-corrected chi connectivity index (χ2v) is 7.11. The van der Waals surface area contributed by atoms with E-state index >= 15 is 0 Å². The van der Waals surface area contributed by atoms with Gasteiger partial charge in [0.25, 0.3) is 0 Å². The quantitative estimate of drug-likeness (QED) is 0.690. The average Bonchev–Trinajstić information content (AvgIpc) is 3.18. The first-order chi connectivity index (χ1) is 13.2. The lowest BCUT2D eigenvalue weighted by atomic mass is 9.91. The van der Waals surface area contributed by atoms with Crippen LogP contribution in [0.3, 0.4) is 0 Å². The van der Waals surface area contributed by atoms with Gasteiger partial charge >= 0.3 is 0 Å². The smallest absolute Gasteiger partial charge is 0.231 e. The maximum Gasteiger partial charge on any atom is 0.231 e. The van der Waals surface area contributed by atoms with Crippen molar-refractivity contribution in [1.29, 1.82) is 0 Å². The predicted molar refractivity (Wildman–Crippen MR) is 106 cm³/mol. The molecule has 0 bridgehead atoms. The third-order valence-electron chi connectivity index (χ3n) is 5.20. The second-order valence-electron chi connectivity index (χ2n) is 7.11. The Labute approximate surface area is 159 Å². The Kier molecular flexibility index (Phi) is 4.75. The summed E-state index contributed by atoms with van der Waals surface area (Å²) in [7, 11) is 0. The minimum absolute atomic E-state index is 0.0479. The molecule has 0 saturated carbocycles. The molecule has 4 rings (SSSR count). The number of aryl methyl sites for hydroxylation is 1. The summed E-state index contributed by atoms with van der Waals surface area (Å²) in [6, 6.07) is 18.8. The van der Waals surface area contributed by atoms with E-state index in [9.17, 15) is 4.79 Å². The number of anilines is 1. The fourth-order valence-electron chi connectivity index (χ4n) is 3.84. The van der Waals surface area contributed by atoms with Gasteiger partial charge in [0, 0.05) is 6.42 Å². The molecule has 0 fully saturated rings. The minimum atomic E-state index is -0.0479. The summed E-state index contributed by atoms with van der Waals surface area (Å²) >= 11 is 0. The molecule has 0 spiro atoms. The van der Waals surface area contributed by atoms with E-state index in [4.69, 9.17) is 0 Å². The summed E-state index contributed by atoms with van der Waals surface area (Å²) in [5, 5.41) is 4.47. The standard InChI is InChI=1S/C22H24N4O/c1-3-7-21(27)25-19(17-8-5-4-6-9-17)14-20(26-22(25)23-15-24-26)18-12-10-16(2)11-13-18/h4-6,8-13,15,19-20H,3,7,14H2,1-2H3/t19-,20-/m1/s1. The number of carbonyl (C=O) groups is 1. The zero-order valence-electron chi connectivity index (χ0n) is 15.7. The number of hydrogen-bond donors (Lipinski definition) is 0. The van der Waals surface area contributed by atoms with Crippen LogP contribution in [0.4, 0.5) is 5.95 Å². The number of aromatic nitrogens is 3. The molecule has 3 aromatic rings. The van der Waals surface area contributed by atoms with E-state index in [1.54, 1.807) is 6.33 Å². The fourth-order valence-corrected chi connectivity index (χ4v) is 3.84. The number of nitrogens with zero attached hydrogens (tertiary/aromatic N) is 4. The Hall–Kier alpha value is -2.95. The molecular formula is C22H24N4O. The predicted octanol–water partition coefficient (Wildman–Crippen LogP) is 4.45. The SMILES string of the molecule is CCCC(=O)N1c2ncnn2[C@@H](c2ccc(C)cc2)C[C@@H]1c1ccccc1. The van der Waals surface area contributed by atoms with Gasteiger partial charge in [-0.15, -0.1) is 0 Å². The number of amides is 1. The lowest BCUT2D eigenvalue weighted by Crippen LogP contribution is -2.42. The van der Waals surface area contributed by atoms with Crippen molar-refractivity contribution in [2.24, 2.45) is 0 Å². The first-order valence-electron chi connectivity index (χ1n) is 9.52. The molecule has 5 heteroatoms. The first-order valence-corrected chi connectivity index (χ1v) is 9.52. The third kappa shape index (κ3) is 3.25. The molecule has 2 aromatic carbocycles. The van der Waals surface area contributed by atoms with Crippen molar-refractivity contribution < 1.29 is 4.79 Å². The van der Waals surface area contributed by atoms with Crippen molar-refractivity contribution in [2.75, 3.05) is 4.90 Å². The first kappa shape index (κ1) is 17.5. The normalized spacial score (nSPS) is 19.0. The highest BCUT2D eigenvalue weighted by atomic mass is 16.2. The molecule has 138 valence electrons. The molecule has 0 aliphatic carbocycles. The molecule has 1 aromatic heterocycles. The van der Waals surface area contributed by atoms with E-state index in [0.29, 0.717) is 12.4 Å². The summed E-state index contributed by atoms with van der Waals surface area (Å²) in [6.45, 7) is 4.11. The van der Waals surface area contributed by atoms with Crippen LogP contribution in [-0.4, -0.2) is 20.7 Å². The van der Waals surface area contributed by atoms with Crippen LogP contribution in [0.15, 0.2) is 60.9 Å². The van der Waals surface area contributed by atoms with Crippen molar-refractivity contribution in [2.45, 2.75) is 45.2 Å². The van der Waals surface area contributed by atoms with Crippen molar-refractivity contribution in [3.63, 3.8) is 0 Å². The fraction of sp³-hybridized carbons (Fsp3) is 0.318. The maximum absolute atomic E-state index is 13.0. The highest BCUT2D eigenvalue weighted by molar-refractivity contribution is 5.92. The highest BCUT2D eigenvalue weighted by Gasteiger charge is 2.38. The molecule has 0 radical (unpaired) electrons. The van der Waals surface area contributed by atoms with Crippen molar-refractivity contribution in [3.05, 3.63) is 77.6 Å². The van der Waals surface area contributed by atoms with E-state index in [-0.39, 0.29) is 18.0 Å². The van der Waals surface area contributed by atoms with Crippen LogP contribution in [0.1, 0.15) is 55.0 Å². The summed E-state index contributed by atoms with van der Waals surface area (Å²) in [5.74, 6) is 0.738. The van der Waals surface area contributed by atoms with Gasteiger partial charge < -0.3 is 0 Å². The van der Waals surface area contributed by atoms with Crippen molar-refractivity contribution in [3.8, 4) is 0 Å². The molecule has 27 heavy (non-hydrogen) atoms. The molecule has 2 atom stereocenters. The summed E-state index contributed by atoms with van der Waals surface area (Å²) < 4.78 is 1.90. The van der Waals surface area contributed by atoms with Crippen LogP contribution in [0.25, 0.3) is 0 Å². The molecule has 0 N–H and O–H groups in total. The van der Waals surface area contributed by atoms with E-state index in [1.165, 1.54) is 11.1 Å². The van der Waals surface area contributed by atoms with Crippen LogP contribution >= 0.6 is 0 Å². The van der Waals surface area contributed by atoms with Gasteiger partial charge in [0.05, 0.1) is 12.1 Å². The Morgan fingerprint density at radius 3 is 2.44 bits per heavy atom. The topological polar surface area (TPSA) is 51.0 Å². The van der Waals surface area contributed by atoms with Gasteiger partial charge in [0.1, 0.15) is 6.33 Å². The molecule has 2 heterocycles. The van der Waals surface area contributed by atoms with Crippen LogP contribution in [0.2, 0.25) is 0 Å². The Balaban J connectivity index is 1.82. The van der Waals surface area contributed by atoms with Crippen LogP contribution < -0.4 is 4.90 Å². The van der Waals surface area contributed by atoms with Gasteiger partial charge in [0.2, 0.25) is 11.9 Å². The van der Waals surface area contributed by atoms with Crippen LogP contribution in [0.5, 0.6) is 0 Å². The van der Waals surface area contributed by atoms with Crippen molar-refractivity contribution >= 4 is 11.9 Å². The zero-order chi connectivity index (χ0) is 18.8. The second kappa shape index (κ2) is 7.35. The van der Waals surface area contributed by atoms with Gasteiger partial charge in [-0.3, -0.25) is 9.69 Å². The van der Waals surface area contributed by atoms with Crippen LogP contribution in [0, 0.1) is 6.92 Å². The van der Waals surface area contributed by atoms with E-state index in [0.717, 1.165) is 18.4 Å². The van der Waals surface area contributed by atoms with Gasteiger partial charge in [-0.2, -0.15) is 10.1 Å². The van der Waals surface area contributed by atoms with Crippen LogP contribution in [-0.2, 0) is 4.79 Å². The summed E-state index contributed by atoms with van der Waals surface area (Å²) in [6.07, 6.45) is 3.65. The van der Waals surface area contributed by atoms with Crippen molar-refractivity contribution in [1.82, 2.24) is 14.8 Å². The number of rotatable bonds is 4. The largest absolute Gasteiger partial charge is 0.274 e. The van der Waals surface area contributed by atoms with E-state index < -0.39 is 0 Å². The summed E-state index contributed by atoms with van der Waals surface area (Å²) in [4.78, 5) is 19.3. The minimum Gasteiger partial charge on any atom is -0.274 e. The molecule has 1 amide bonds. The van der Waals surface area contributed by atoms with Gasteiger partial charge in [-0.1, -0.05) is 67.1 Å². The van der Waals surface area contributed by atoms with E-state index in [1.807, 2.05) is 34.7 Å². The Morgan fingerprint density at radius 1 is 1.04 bits per heavy atom. The molecule has 0 saturated heterocycles. The van der Waals surface area contributed by atoms with Gasteiger partial charge in [-0.05, 0) is 30.9 Å². The molecule has 1 aliphatic heterocycles. The number of benzene rings is 2. The van der Waals surface area contributed by atoms with E-state index in [2.05, 4.69) is 53.4 Å². The zero-order valence-corrected chi connectivity index (χ0v) is 15.7. The number of fused-ring (bicyclic) bond motifs is 1. The lowest BCUT2D eigenvalue weighted by Gasteiger charge is -2.39. The summed E-state index contributed by atoms with van der Waals surface area (Å²) in [5.41, 5.74) is 3.55. The number of carbonyl (C=O) groups excluding carboxylic acids is 1. The molecule has 1 aliphatic rings. The third-order valence-corrected chi connectivity index (χ3v) is 5.20. The molecule has 0 unspecified atom stereocenters. The Morgan fingerprint density at radius 2 is 1.74 bits per heavy atom. The monoisotopic (exact) mass is 360 g/mol. The van der Waals surface area contributed by atoms with Gasteiger partial charge in [-0.25, -0.2) is 4.68 Å².